The molecule has 0 saturated heterocycles. The molecule has 0 aliphatic heterocycles. The third-order valence-electron chi connectivity index (χ3n) is 6.64. The standard InChI is InChI=1S/C27H32N2O6/c1-27(2,3)35-25(32)28-14-16-12-13-21(24(30)31)23(16)29-26(33)34-15-22-19-10-6-4-8-17(19)18-9-5-7-11-20(18)22/h4-11,16,21-23H,12-15H2,1-3H3,(H,28,32)(H,29,33)(H,30,31)/t16-,21-,23-/m1/s1. The molecule has 35 heavy (non-hydrogen) atoms. The van der Waals surface area contributed by atoms with Crippen molar-refractivity contribution in [2.45, 2.75) is 51.2 Å². The van der Waals surface area contributed by atoms with Gasteiger partial charge in [-0.05, 0) is 61.8 Å². The lowest BCUT2D eigenvalue weighted by Crippen LogP contribution is -2.47. The van der Waals surface area contributed by atoms with Crippen LogP contribution in [-0.2, 0) is 14.3 Å². The van der Waals surface area contributed by atoms with Gasteiger partial charge < -0.3 is 25.2 Å². The zero-order valence-electron chi connectivity index (χ0n) is 20.2. The molecule has 0 heterocycles. The van der Waals surface area contributed by atoms with Gasteiger partial charge in [-0.2, -0.15) is 0 Å². The monoisotopic (exact) mass is 480 g/mol. The molecule has 2 aromatic rings. The van der Waals surface area contributed by atoms with Crippen molar-refractivity contribution in [3.05, 3.63) is 59.7 Å². The first-order valence-corrected chi connectivity index (χ1v) is 11.9. The number of nitrogens with one attached hydrogen (secondary N) is 2. The Morgan fingerprint density at radius 1 is 0.943 bits per heavy atom. The van der Waals surface area contributed by atoms with Crippen molar-refractivity contribution in [1.29, 1.82) is 0 Å². The van der Waals surface area contributed by atoms with Crippen LogP contribution in [0.1, 0.15) is 50.7 Å². The highest BCUT2D eigenvalue weighted by atomic mass is 16.6. The Bertz CT molecular complexity index is 1060. The number of amides is 2. The lowest BCUT2D eigenvalue weighted by molar-refractivity contribution is -0.142. The topological polar surface area (TPSA) is 114 Å². The smallest absolute Gasteiger partial charge is 0.407 e. The largest absolute Gasteiger partial charge is 0.481 e. The van der Waals surface area contributed by atoms with Crippen molar-refractivity contribution in [3.8, 4) is 11.1 Å². The first kappa shape index (κ1) is 24.6. The molecule has 0 radical (unpaired) electrons. The van der Waals surface area contributed by atoms with E-state index in [0.29, 0.717) is 12.8 Å². The number of fused-ring (bicyclic) bond motifs is 3. The van der Waals surface area contributed by atoms with Gasteiger partial charge in [0.15, 0.2) is 0 Å². The van der Waals surface area contributed by atoms with Gasteiger partial charge in [0.05, 0.1) is 5.92 Å². The SMILES string of the molecule is CC(C)(C)OC(=O)NC[C@H]1CC[C@@H](C(=O)O)[C@@H]1NC(=O)OCC1c2ccccc2-c2ccccc21. The van der Waals surface area contributed by atoms with Crippen LogP contribution >= 0.6 is 0 Å². The predicted molar refractivity (Wildman–Crippen MR) is 130 cm³/mol. The van der Waals surface area contributed by atoms with E-state index in [4.69, 9.17) is 9.47 Å². The first-order chi connectivity index (χ1) is 16.6. The molecule has 2 aliphatic rings. The van der Waals surface area contributed by atoms with Crippen LogP contribution in [0.3, 0.4) is 0 Å². The number of alkyl carbamates (subject to hydrolysis) is 2. The van der Waals surface area contributed by atoms with Crippen LogP contribution in [0.2, 0.25) is 0 Å². The van der Waals surface area contributed by atoms with Gasteiger partial charge in [0.1, 0.15) is 12.2 Å². The van der Waals surface area contributed by atoms with E-state index < -0.39 is 35.7 Å². The molecule has 0 spiro atoms. The Morgan fingerprint density at radius 3 is 2.11 bits per heavy atom. The highest BCUT2D eigenvalue weighted by molar-refractivity contribution is 5.79. The molecule has 1 saturated carbocycles. The van der Waals surface area contributed by atoms with Gasteiger partial charge >= 0.3 is 18.2 Å². The van der Waals surface area contributed by atoms with E-state index in [1.807, 2.05) is 36.4 Å². The fourth-order valence-corrected chi connectivity index (χ4v) is 5.11. The Balaban J connectivity index is 1.39. The maximum Gasteiger partial charge on any atom is 0.407 e. The molecule has 2 aromatic carbocycles. The van der Waals surface area contributed by atoms with Gasteiger partial charge in [-0.25, -0.2) is 9.59 Å². The van der Waals surface area contributed by atoms with Gasteiger partial charge in [-0.3, -0.25) is 4.79 Å². The summed E-state index contributed by atoms with van der Waals surface area (Å²) in [6, 6.07) is 15.5. The number of carbonyl (C=O) groups excluding carboxylic acids is 2. The summed E-state index contributed by atoms with van der Waals surface area (Å²) in [5.74, 6) is -2.06. The summed E-state index contributed by atoms with van der Waals surface area (Å²) in [7, 11) is 0. The maximum absolute atomic E-state index is 12.8. The molecule has 0 bridgehead atoms. The van der Waals surface area contributed by atoms with Gasteiger partial charge in [-0.15, -0.1) is 0 Å². The molecule has 2 aliphatic carbocycles. The Morgan fingerprint density at radius 2 is 1.54 bits per heavy atom. The minimum absolute atomic E-state index is 0.0865. The molecule has 8 nitrogen and oxygen atoms in total. The first-order valence-electron chi connectivity index (χ1n) is 11.9. The van der Waals surface area contributed by atoms with E-state index in [9.17, 15) is 19.5 Å². The second kappa shape index (κ2) is 9.98. The number of hydrogen-bond donors (Lipinski definition) is 3. The van der Waals surface area contributed by atoms with E-state index in [2.05, 4.69) is 22.8 Å². The van der Waals surface area contributed by atoms with Gasteiger partial charge in [0.25, 0.3) is 0 Å². The van der Waals surface area contributed by atoms with E-state index in [1.54, 1.807) is 20.8 Å². The molecule has 8 heteroatoms. The summed E-state index contributed by atoms with van der Waals surface area (Å²) < 4.78 is 10.9. The summed E-state index contributed by atoms with van der Waals surface area (Å²) in [5.41, 5.74) is 3.83. The van der Waals surface area contributed by atoms with Crippen molar-refractivity contribution in [2.24, 2.45) is 11.8 Å². The molecule has 1 fully saturated rings. The average Bonchev–Trinajstić information content (AvgIpc) is 3.34. The minimum atomic E-state index is -0.978. The highest BCUT2D eigenvalue weighted by Crippen LogP contribution is 2.44. The highest BCUT2D eigenvalue weighted by Gasteiger charge is 2.42. The number of carboxylic acid groups (broad SMARTS) is 1. The van der Waals surface area contributed by atoms with Crippen molar-refractivity contribution < 1.29 is 29.0 Å². The van der Waals surface area contributed by atoms with Crippen LogP contribution in [0, 0.1) is 11.8 Å². The summed E-state index contributed by atoms with van der Waals surface area (Å²) in [4.78, 5) is 36.6. The Kier molecular flexibility index (Phi) is 7.00. The summed E-state index contributed by atoms with van der Waals surface area (Å²) in [6.07, 6.45) is -0.269. The van der Waals surface area contributed by atoms with Gasteiger partial charge in [-0.1, -0.05) is 48.5 Å². The zero-order chi connectivity index (χ0) is 25.2. The third-order valence-corrected chi connectivity index (χ3v) is 6.64. The molecule has 0 unspecified atom stereocenters. The number of ether oxygens (including phenoxy) is 2. The summed E-state index contributed by atoms with van der Waals surface area (Å²) in [5, 5.41) is 15.1. The van der Waals surface area contributed by atoms with Gasteiger partial charge in [0.2, 0.25) is 0 Å². The fraction of sp³-hybridized carbons (Fsp3) is 0.444. The Labute approximate surface area is 205 Å². The number of carbonyl (C=O) groups is 3. The van der Waals surface area contributed by atoms with Crippen LogP contribution in [0.15, 0.2) is 48.5 Å². The molecule has 2 amide bonds. The molecular weight excluding hydrogens is 448 g/mol. The predicted octanol–water partition coefficient (Wildman–Crippen LogP) is 4.53. The van der Waals surface area contributed by atoms with E-state index in [-0.39, 0.29) is 25.0 Å². The molecule has 3 N–H and O–H groups in total. The van der Waals surface area contributed by atoms with Crippen LogP contribution in [0.25, 0.3) is 11.1 Å². The summed E-state index contributed by atoms with van der Waals surface area (Å²) in [6.45, 7) is 5.65. The maximum atomic E-state index is 12.8. The number of rotatable bonds is 6. The number of aliphatic carboxylic acids is 1. The van der Waals surface area contributed by atoms with Crippen LogP contribution < -0.4 is 10.6 Å². The lowest BCUT2D eigenvalue weighted by atomic mass is 9.97. The number of benzene rings is 2. The quantitative estimate of drug-likeness (QED) is 0.560. The molecule has 0 aromatic heterocycles. The second-order valence-corrected chi connectivity index (χ2v) is 10.2. The number of hydrogen-bond acceptors (Lipinski definition) is 5. The van der Waals surface area contributed by atoms with Crippen molar-refractivity contribution >= 4 is 18.2 Å². The van der Waals surface area contributed by atoms with Crippen LogP contribution in [-0.4, -0.2) is 48.1 Å². The second-order valence-electron chi connectivity index (χ2n) is 10.2. The van der Waals surface area contributed by atoms with Crippen LogP contribution in [0.4, 0.5) is 9.59 Å². The summed E-state index contributed by atoms with van der Waals surface area (Å²) >= 11 is 0. The van der Waals surface area contributed by atoms with E-state index in [0.717, 1.165) is 22.3 Å². The number of carboxylic acids is 1. The molecule has 3 atom stereocenters. The van der Waals surface area contributed by atoms with E-state index in [1.165, 1.54) is 0 Å². The normalized spacial score (nSPS) is 21.1. The third kappa shape index (κ3) is 5.58. The average molecular weight is 481 g/mol. The van der Waals surface area contributed by atoms with Crippen molar-refractivity contribution in [2.75, 3.05) is 13.2 Å². The van der Waals surface area contributed by atoms with Crippen LogP contribution in [0.5, 0.6) is 0 Å². The lowest BCUT2D eigenvalue weighted by Gasteiger charge is -2.25. The van der Waals surface area contributed by atoms with Crippen molar-refractivity contribution in [3.63, 3.8) is 0 Å². The van der Waals surface area contributed by atoms with E-state index >= 15 is 0 Å². The van der Waals surface area contributed by atoms with Gasteiger partial charge in [0, 0.05) is 18.5 Å². The zero-order valence-corrected chi connectivity index (χ0v) is 20.2. The fourth-order valence-electron chi connectivity index (χ4n) is 5.11. The molecule has 4 rings (SSSR count). The minimum Gasteiger partial charge on any atom is -0.481 e. The molecular formula is C27H32N2O6. The Hall–Kier alpha value is -3.55. The molecule has 186 valence electrons. The van der Waals surface area contributed by atoms with Crippen molar-refractivity contribution in [1.82, 2.24) is 10.6 Å².